The van der Waals surface area contributed by atoms with Gasteiger partial charge < -0.3 is 9.84 Å². The quantitative estimate of drug-likeness (QED) is 0.921. The van der Waals surface area contributed by atoms with E-state index in [2.05, 4.69) is 4.98 Å². The fraction of sp³-hybridized carbons (Fsp3) is 0.0769. The Balaban J connectivity index is 2.06. The molecule has 92 valence electrons. The van der Waals surface area contributed by atoms with Gasteiger partial charge in [0.05, 0.1) is 11.8 Å². The van der Waals surface area contributed by atoms with Crippen molar-refractivity contribution in [1.29, 1.82) is 0 Å². The molecule has 4 nitrogen and oxygen atoms in total. The van der Waals surface area contributed by atoms with Crippen molar-refractivity contribution in [3.8, 4) is 5.75 Å². The number of carboxylic acids is 1. The van der Waals surface area contributed by atoms with Gasteiger partial charge in [-0.2, -0.15) is 0 Å². The highest BCUT2D eigenvalue weighted by Crippen LogP contribution is 2.15. The van der Waals surface area contributed by atoms with Crippen LogP contribution in [0.4, 0.5) is 0 Å². The molecule has 0 spiro atoms. The van der Waals surface area contributed by atoms with Gasteiger partial charge in [-0.05, 0) is 23.8 Å². The number of aromatic nitrogens is 1. The molecule has 1 aromatic carbocycles. The lowest BCUT2D eigenvalue weighted by Crippen LogP contribution is -2.00. The number of halogens is 1. The van der Waals surface area contributed by atoms with Crippen LogP contribution in [0.3, 0.4) is 0 Å². The Hall–Kier alpha value is -2.07. The van der Waals surface area contributed by atoms with Crippen LogP contribution in [0.25, 0.3) is 0 Å². The Morgan fingerprint density at radius 3 is 2.89 bits per heavy atom. The van der Waals surface area contributed by atoms with Gasteiger partial charge in [0.25, 0.3) is 0 Å². The molecule has 2 rings (SSSR count). The van der Waals surface area contributed by atoms with Gasteiger partial charge in [-0.1, -0.05) is 23.7 Å². The molecular formula is C13H10ClNO3. The van der Waals surface area contributed by atoms with Crippen molar-refractivity contribution in [1.82, 2.24) is 4.98 Å². The normalized spacial score (nSPS) is 10.1. The number of carboxylic acid groups (broad SMARTS) is 1. The molecule has 0 fully saturated rings. The van der Waals surface area contributed by atoms with Crippen molar-refractivity contribution in [2.75, 3.05) is 0 Å². The van der Waals surface area contributed by atoms with E-state index >= 15 is 0 Å². The molecular weight excluding hydrogens is 254 g/mol. The molecule has 1 N–H and O–H groups in total. The minimum absolute atomic E-state index is 0.0959. The highest BCUT2D eigenvalue weighted by atomic mass is 35.5. The molecule has 0 amide bonds. The van der Waals surface area contributed by atoms with E-state index in [1.807, 2.05) is 12.1 Å². The molecule has 1 aromatic heterocycles. The van der Waals surface area contributed by atoms with Crippen molar-refractivity contribution >= 4 is 17.6 Å². The Kier molecular flexibility index (Phi) is 3.79. The predicted octanol–water partition coefficient (Wildman–Crippen LogP) is 3.01. The Morgan fingerprint density at radius 2 is 2.17 bits per heavy atom. The number of nitrogens with zero attached hydrogens (tertiary/aromatic N) is 1. The first-order chi connectivity index (χ1) is 8.65. The SMILES string of the molecule is O=C(O)c1cncc(OCc2cccc(Cl)c2)c1. The van der Waals surface area contributed by atoms with Crippen molar-refractivity contribution in [3.63, 3.8) is 0 Å². The highest BCUT2D eigenvalue weighted by Gasteiger charge is 2.05. The Labute approximate surface area is 109 Å². The van der Waals surface area contributed by atoms with Gasteiger partial charge in [0.15, 0.2) is 0 Å². The number of hydrogen-bond donors (Lipinski definition) is 1. The van der Waals surface area contributed by atoms with Crippen LogP contribution in [0.1, 0.15) is 15.9 Å². The maximum absolute atomic E-state index is 10.8. The first kappa shape index (κ1) is 12.4. The van der Waals surface area contributed by atoms with E-state index in [4.69, 9.17) is 21.4 Å². The number of benzene rings is 1. The third-order valence-electron chi connectivity index (χ3n) is 2.25. The third-order valence-corrected chi connectivity index (χ3v) is 2.49. The van der Waals surface area contributed by atoms with Crippen molar-refractivity contribution in [2.24, 2.45) is 0 Å². The number of ether oxygens (including phenoxy) is 1. The van der Waals surface area contributed by atoms with Crippen molar-refractivity contribution in [2.45, 2.75) is 6.61 Å². The maximum atomic E-state index is 10.8. The molecule has 0 aliphatic heterocycles. The molecule has 18 heavy (non-hydrogen) atoms. The van der Waals surface area contributed by atoms with Crippen molar-refractivity contribution in [3.05, 3.63) is 58.9 Å². The van der Waals surface area contributed by atoms with Gasteiger partial charge >= 0.3 is 5.97 Å². The lowest BCUT2D eigenvalue weighted by molar-refractivity contribution is 0.0696. The molecule has 2 aromatic rings. The van der Waals surface area contributed by atoms with Crippen LogP contribution >= 0.6 is 11.6 Å². The second-order valence-corrected chi connectivity index (χ2v) is 4.07. The van der Waals surface area contributed by atoms with E-state index in [1.165, 1.54) is 18.5 Å². The number of hydrogen-bond acceptors (Lipinski definition) is 3. The van der Waals surface area contributed by atoms with E-state index in [0.717, 1.165) is 5.56 Å². The lowest BCUT2D eigenvalue weighted by Gasteiger charge is -2.06. The minimum atomic E-state index is -1.03. The number of aromatic carboxylic acids is 1. The zero-order chi connectivity index (χ0) is 13.0. The first-order valence-corrected chi connectivity index (χ1v) is 5.58. The van der Waals surface area contributed by atoms with Crippen LogP contribution in [0.15, 0.2) is 42.7 Å². The van der Waals surface area contributed by atoms with Gasteiger partial charge in [-0.15, -0.1) is 0 Å². The lowest BCUT2D eigenvalue weighted by atomic mass is 10.2. The van der Waals surface area contributed by atoms with Crippen LogP contribution in [0, 0.1) is 0 Å². The summed E-state index contributed by atoms with van der Waals surface area (Å²) in [6.07, 6.45) is 2.74. The zero-order valence-electron chi connectivity index (χ0n) is 9.34. The number of carbonyl (C=O) groups is 1. The van der Waals surface area contributed by atoms with Crippen LogP contribution in [-0.4, -0.2) is 16.1 Å². The third kappa shape index (κ3) is 3.21. The smallest absolute Gasteiger partial charge is 0.337 e. The Morgan fingerprint density at radius 1 is 1.33 bits per heavy atom. The largest absolute Gasteiger partial charge is 0.487 e. The average molecular weight is 264 g/mol. The van der Waals surface area contributed by atoms with Crippen LogP contribution in [0.2, 0.25) is 5.02 Å². The molecule has 0 bridgehead atoms. The van der Waals surface area contributed by atoms with E-state index in [0.29, 0.717) is 17.4 Å². The second kappa shape index (κ2) is 5.51. The van der Waals surface area contributed by atoms with Crippen LogP contribution in [0.5, 0.6) is 5.75 Å². The van der Waals surface area contributed by atoms with Gasteiger partial charge in [-0.25, -0.2) is 4.79 Å². The number of rotatable bonds is 4. The molecule has 0 saturated carbocycles. The summed E-state index contributed by atoms with van der Waals surface area (Å²) >= 11 is 5.85. The zero-order valence-corrected chi connectivity index (χ0v) is 10.1. The second-order valence-electron chi connectivity index (χ2n) is 3.63. The van der Waals surface area contributed by atoms with Crippen molar-refractivity contribution < 1.29 is 14.6 Å². The molecule has 0 unspecified atom stereocenters. The van der Waals surface area contributed by atoms with Crippen LogP contribution < -0.4 is 4.74 Å². The van der Waals surface area contributed by atoms with E-state index in [1.54, 1.807) is 12.1 Å². The summed E-state index contributed by atoms with van der Waals surface area (Å²) in [5, 5.41) is 9.45. The fourth-order valence-corrected chi connectivity index (χ4v) is 1.62. The van der Waals surface area contributed by atoms with Gasteiger partial charge in [0.2, 0.25) is 0 Å². The molecule has 5 heteroatoms. The summed E-state index contributed by atoms with van der Waals surface area (Å²) in [5.41, 5.74) is 1.00. The van der Waals surface area contributed by atoms with Crippen LogP contribution in [-0.2, 0) is 6.61 Å². The Bertz CT molecular complexity index is 572. The van der Waals surface area contributed by atoms with Gasteiger partial charge in [-0.3, -0.25) is 4.98 Å². The van der Waals surface area contributed by atoms with Gasteiger partial charge in [0, 0.05) is 11.2 Å². The molecule has 0 aliphatic carbocycles. The molecule has 0 atom stereocenters. The van der Waals surface area contributed by atoms with Gasteiger partial charge in [0.1, 0.15) is 12.4 Å². The summed E-state index contributed by atoms with van der Waals surface area (Å²) in [5.74, 6) is -0.620. The first-order valence-electron chi connectivity index (χ1n) is 5.21. The highest BCUT2D eigenvalue weighted by molar-refractivity contribution is 6.30. The summed E-state index contributed by atoms with van der Waals surface area (Å²) in [6, 6.07) is 8.70. The molecule has 0 aliphatic rings. The van der Waals surface area contributed by atoms with E-state index < -0.39 is 5.97 Å². The monoisotopic (exact) mass is 263 g/mol. The molecule has 1 heterocycles. The average Bonchev–Trinajstić information content (AvgIpc) is 2.37. The fourth-order valence-electron chi connectivity index (χ4n) is 1.41. The number of pyridine rings is 1. The maximum Gasteiger partial charge on any atom is 0.337 e. The summed E-state index contributed by atoms with van der Waals surface area (Å²) in [7, 11) is 0. The standard InChI is InChI=1S/C13H10ClNO3/c14-11-3-1-2-9(4-11)8-18-12-5-10(13(16)17)6-15-7-12/h1-7H,8H2,(H,16,17). The topological polar surface area (TPSA) is 59.4 Å². The molecule has 0 saturated heterocycles. The van der Waals surface area contributed by atoms with E-state index in [9.17, 15) is 4.79 Å². The summed E-state index contributed by atoms with van der Waals surface area (Å²) < 4.78 is 5.45. The van der Waals surface area contributed by atoms with E-state index in [-0.39, 0.29) is 5.56 Å². The summed E-state index contributed by atoms with van der Waals surface area (Å²) in [4.78, 5) is 14.6. The summed E-state index contributed by atoms with van der Waals surface area (Å²) in [6.45, 7) is 0.311. The minimum Gasteiger partial charge on any atom is -0.487 e. The predicted molar refractivity (Wildman–Crippen MR) is 67.0 cm³/mol. The molecule has 0 radical (unpaired) electrons.